The fourth-order valence-electron chi connectivity index (χ4n) is 3.74. The molecule has 1 saturated carbocycles. The number of thiophene rings is 1. The van der Waals surface area contributed by atoms with E-state index in [1.54, 1.807) is 23.1 Å². The van der Waals surface area contributed by atoms with Gasteiger partial charge in [0.15, 0.2) is 5.16 Å². The Labute approximate surface area is 159 Å². The Morgan fingerprint density at radius 2 is 2.15 bits per heavy atom. The zero-order valence-electron chi connectivity index (χ0n) is 14.9. The second-order valence-corrected chi connectivity index (χ2v) is 9.53. The summed E-state index contributed by atoms with van der Waals surface area (Å²) in [6, 6.07) is 0. The van der Waals surface area contributed by atoms with Crippen LogP contribution in [0.3, 0.4) is 0 Å². The van der Waals surface area contributed by atoms with Gasteiger partial charge in [0.25, 0.3) is 5.56 Å². The highest BCUT2D eigenvalue weighted by Crippen LogP contribution is 2.40. The van der Waals surface area contributed by atoms with Crippen LogP contribution in [0.5, 0.6) is 0 Å². The lowest BCUT2D eigenvalue weighted by Gasteiger charge is -2.17. The number of hydrogen-bond donors (Lipinski definition) is 1. The highest BCUT2D eigenvalue weighted by molar-refractivity contribution is 7.98. The Balaban J connectivity index is 1.42. The summed E-state index contributed by atoms with van der Waals surface area (Å²) in [7, 11) is 2.02. The first-order valence-electron chi connectivity index (χ1n) is 9.15. The molecule has 1 N–H and O–H groups in total. The van der Waals surface area contributed by atoms with Gasteiger partial charge in [-0.1, -0.05) is 18.7 Å². The van der Waals surface area contributed by atoms with E-state index in [0.717, 1.165) is 46.3 Å². The molecular weight excluding hydrogens is 366 g/mol. The van der Waals surface area contributed by atoms with E-state index < -0.39 is 0 Å². The standard InChI is InChI=1S/C18H21N5OS2/c1-9-3-6-11-12(7-9)26-17-14(11)16(24)19-13(20-17)8-25-18-22-21-15(23(18)2)10-4-5-10/h9-10H,3-8H2,1-2H3,(H,19,20,24)/t9-/m1/s1. The largest absolute Gasteiger partial charge is 0.309 e. The summed E-state index contributed by atoms with van der Waals surface area (Å²) in [5.74, 6) is 3.66. The average Bonchev–Trinajstić information content (AvgIpc) is 3.28. The van der Waals surface area contributed by atoms with Crippen LogP contribution in [-0.4, -0.2) is 24.7 Å². The first kappa shape index (κ1) is 16.5. The lowest BCUT2D eigenvalue weighted by molar-refractivity contribution is 0.509. The van der Waals surface area contributed by atoms with Gasteiger partial charge in [-0.2, -0.15) is 0 Å². The van der Waals surface area contributed by atoms with Gasteiger partial charge in [-0.05, 0) is 43.6 Å². The summed E-state index contributed by atoms with van der Waals surface area (Å²) >= 11 is 3.28. The van der Waals surface area contributed by atoms with Crippen molar-refractivity contribution in [1.29, 1.82) is 0 Å². The van der Waals surface area contributed by atoms with Crippen molar-refractivity contribution in [2.45, 2.75) is 55.9 Å². The second-order valence-electron chi connectivity index (χ2n) is 7.51. The maximum absolute atomic E-state index is 12.7. The minimum Gasteiger partial charge on any atom is -0.309 e. The SMILES string of the molecule is C[C@@H]1CCc2c(sc3nc(CSc4nnc(C5CC5)n4C)[nH]c(=O)c23)C1. The lowest BCUT2D eigenvalue weighted by Crippen LogP contribution is -2.14. The third-order valence-electron chi connectivity index (χ3n) is 5.36. The topological polar surface area (TPSA) is 76.5 Å². The number of aryl methyl sites for hydroxylation is 1. The van der Waals surface area contributed by atoms with E-state index in [1.807, 2.05) is 7.05 Å². The van der Waals surface area contributed by atoms with Crippen molar-refractivity contribution in [1.82, 2.24) is 24.7 Å². The summed E-state index contributed by atoms with van der Waals surface area (Å²) in [4.78, 5) is 22.6. The van der Waals surface area contributed by atoms with Crippen LogP contribution >= 0.6 is 23.1 Å². The fourth-order valence-corrected chi connectivity index (χ4v) is 5.93. The molecule has 0 bridgehead atoms. The van der Waals surface area contributed by atoms with Crippen molar-refractivity contribution in [3.05, 3.63) is 32.4 Å². The molecule has 5 rings (SSSR count). The van der Waals surface area contributed by atoms with Crippen LogP contribution in [0.15, 0.2) is 9.95 Å². The molecule has 1 atom stereocenters. The summed E-state index contributed by atoms with van der Waals surface area (Å²) in [6.45, 7) is 2.28. The van der Waals surface area contributed by atoms with Crippen LogP contribution in [0, 0.1) is 5.92 Å². The van der Waals surface area contributed by atoms with Gasteiger partial charge in [-0.15, -0.1) is 21.5 Å². The summed E-state index contributed by atoms with van der Waals surface area (Å²) in [6.07, 6.45) is 5.65. The van der Waals surface area contributed by atoms with Crippen molar-refractivity contribution in [2.24, 2.45) is 13.0 Å². The third-order valence-corrected chi connectivity index (χ3v) is 7.54. The number of nitrogens with one attached hydrogen (secondary N) is 1. The van der Waals surface area contributed by atoms with Crippen LogP contribution < -0.4 is 5.56 Å². The number of rotatable bonds is 4. The van der Waals surface area contributed by atoms with Gasteiger partial charge < -0.3 is 9.55 Å². The van der Waals surface area contributed by atoms with E-state index in [2.05, 4.69) is 26.7 Å². The zero-order valence-corrected chi connectivity index (χ0v) is 16.5. The average molecular weight is 388 g/mol. The summed E-state index contributed by atoms with van der Waals surface area (Å²) in [5.41, 5.74) is 1.24. The second kappa shape index (κ2) is 6.20. The molecule has 6 nitrogen and oxygen atoms in total. The van der Waals surface area contributed by atoms with E-state index in [-0.39, 0.29) is 5.56 Å². The summed E-state index contributed by atoms with van der Waals surface area (Å²) in [5, 5.41) is 10.3. The van der Waals surface area contributed by atoms with Crippen LogP contribution in [0.25, 0.3) is 10.2 Å². The molecule has 0 amide bonds. The van der Waals surface area contributed by atoms with E-state index in [0.29, 0.717) is 17.6 Å². The Hall–Kier alpha value is -1.67. The Morgan fingerprint density at radius 1 is 1.31 bits per heavy atom. The molecule has 0 aromatic carbocycles. The van der Waals surface area contributed by atoms with Crippen LogP contribution in [0.4, 0.5) is 0 Å². The van der Waals surface area contributed by atoms with Gasteiger partial charge in [0.2, 0.25) is 0 Å². The molecule has 0 radical (unpaired) electrons. The molecule has 136 valence electrons. The molecule has 0 spiro atoms. The van der Waals surface area contributed by atoms with Crippen LogP contribution in [0.2, 0.25) is 0 Å². The molecule has 0 aliphatic heterocycles. The first-order chi connectivity index (χ1) is 12.6. The smallest absolute Gasteiger partial charge is 0.259 e. The van der Waals surface area contributed by atoms with Crippen LogP contribution in [-0.2, 0) is 25.6 Å². The number of aromatic nitrogens is 5. The molecule has 8 heteroatoms. The maximum atomic E-state index is 12.7. The minimum absolute atomic E-state index is 0.00860. The number of thioether (sulfide) groups is 1. The monoisotopic (exact) mass is 387 g/mol. The summed E-state index contributed by atoms with van der Waals surface area (Å²) < 4.78 is 2.07. The van der Waals surface area contributed by atoms with Gasteiger partial charge in [-0.3, -0.25) is 4.79 Å². The molecule has 3 heterocycles. The van der Waals surface area contributed by atoms with E-state index >= 15 is 0 Å². The molecule has 26 heavy (non-hydrogen) atoms. The zero-order chi connectivity index (χ0) is 17.8. The highest BCUT2D eigenvalue weighted by atomic mass is 32.2. The quantitative estimate of drug-likeness (QED) is 0.694. The van der Waals surface area contributed by atoms with E-state index in [9.17, 15) is 4.79 Å². The van der Waals surface area contributed by atoms with E-state index in [1.165, 1.54) is 23.3 Å². The predicted molar refractivity (Wildman–Crippen MR) is 104 cm³/mol. The molecule has 0 unspecified atom stereocenters. The number of nitrogens with zero attached hydrogens (tertiary/aromatic N) is 4. The molecule has 0 saturated heterocycles. The predicted octanol–water partition coefficient (Wildman–Crippen LogP) is 3.41. The highest BCUT2D eigenvalue weighted by Gasteiger charge is 2.29. The number of fused-ring (bicyclic) bond motifs is 3. The normalized spacial score (nSPS) is 19.8. The Bertz CT molecular complexity index is 1050. The van der Waals surface area contributed by atoms with Crippen molar-refractivity contribution in [3.8, 4) is 0 Å². The molecule has 2 aliphatic rings. The van der Waals surface area contributed by atoms with Gasteiger partial charge in [0.05, 0.1) is 11.1 Å². The van der Waals surface area contributed by atoms with E-state index in [4.69, 9.17) is 4.98 Å². The molecule has 3 aromatic rings. The molecule has 1 fully saturated rings. The molecule has 3 aromatic heterocycles. The van der Waals surface area contributed by atoms with Crippen molar-refractivity contribution in [3.63, 3.8) is 0 Å². The fraction of sp³-hybridized carbons (Fsp3) is 0.556. The number of H-pyrrole nitrogens is 1. The Morgan fingerprint density at radius 3 is 2.96 bits per heavy atom. The lowest BCUT2D eigenvalue weighted by atomic mass is 9.89. The van der Waals surface area contributed by atoms with Crippen LogP contribution in [0.1, 0.15) is 54.2 Å². The maximum Gasteiger partial charge on any atom is 0.259 e. The van der Waals surface area contributed by atoms with Crippen molar-refractivity contribution >= 4 is 33.3 Å². The van der Waals surface area contributed by atoms with Gasteiger partial charge in [0.1, 0.15) is 16.5 Å². The first-order valence-corrected chi connectivity index (χ1v) is 11.0. The number of hydrogen-bond acceptors (Lipinski definition) is 6. The van der Waals surface area contributed by atoms with Gasteiger partial charge >= 0.3 is 0 Å². The number of aromatic amines is 1. The molecular formula is C18H21N5OS2. The van der Waals surface area contributed by atoms with Gasteiger partial charge in [0, 0.05) is 17.8 Å². The third kappa shape index (κ3) is 2.79. The molecule has 2 aliphatic carbocycles. The minimum atomic E-state index is 0.00860. The van der Waals surface area contributed by atoms with Crippen molar-refractivity contribution in [2.75, 3.05) is 0 Å². The van der Waals surface area contributed by atoms with Gasteiger partial charge in [-0.25, -0.2) is 4.98 Å². The van der Waals surface area contributed by atoms with Crippen molar-refractivity contribution < 1.29 is 0 Å². The Kier molecular flexibility index (Phi) is 3.93.